The Balaban J connectivity index is 0. The molecule has 0 aromatic rings. The van der Waals surface area contributed by atoms with Crippen molar-refractivity contribution in [1.82, 2.24) is 0 Å². The van der Waals surface area contributed by atoms with E-state index in [0.717, 1.165) is 14.2 Å². The van der Waals surface area contributed by atoms with E-state index in [1.54, 1.807) is 0 Å². The second kappa shape index (κ2) is 6.74. The van der Waals surface area contributed by atoms with Crippen LogP contribution in [0.25, 0.3) is 0 Å². The maximum atomic E-state index is 10.9. The summed E-state index contributed by atoms with van der Waals surface area (Å²) in [5, 5.41) is 8.18. The molecule has 0 spiro atoms. The van der Waals surface area contributed by atoms with Crippen LogP contribution in [0.4, 0.5) is 0 Å². The van der Waals surface area contributed by atoms with E-state index in [-0.39, 0.29) is 51.4 Å². The minimum absolute atomic E-state index is 0. The Bertz CT molecular complexity index is 162. The molecule has 1 radical (unpaired) electrons. The fraction of sp³-hybridized carbons (Fsp3) is 0.750. The summed E-state index contributed by atoms with van der Waals surface area (Å²) in [4.78, 5) is 10.0. The molecule has 61 valence electrons. The second-order valence-electron chi connectivity index (χ2n) is 1.53. The van der Waals surface area contributed by atoms with Gasteiger partial charge in [-0.15, -0.1) is 0 Å². The van der Waals surface area contributed by atoms with E-state index in [2.05, 4.69) is 9.05 Å². The summed E-state index contributed by atoms with van der Waals surface area (Å²) in [6.07, 6.45) is -0.597. The van der Waals surface area contributed by atoms with Crippen molar-refractivity contribution in [3.05, 3.63) is 0 Å². The van der Waals surface area contributed by atoms with Gasteiger partial charge in [0.2, 0.25) is 0 Å². The zero-order valence-electron chi connectivity index (χ0n) is 6.73. The Morgan fingerprint density at radius 2 is 1.82 bits per heavy atom. The Hall–Kier alpha value is 1.26. The van der Waals surface area contributed by atoms with Gasteiger partial charge in [-0.2, -0.15) is 0 Å². The number of carbonyl (C=O) groups is 1. The van der Waals surface area contributed by atoms with Crippen LogP contribution < -0.4 is 0 Å². The van der Waals surface area contributed by atoms with Crippen LogP contribution in [-0.4, -0.2) is 82.8 Å². The summed E-state index contributed by atoms with van der Waals surface area (Å²) in [5.41, 5.74) is 0. The first-order chi connectivity index (χ1) is 4.54. The fourth-order valence-electron chi connectivity index (χ4n) is 0.369. The molecule has 5 nitrogen and oxygen atoms in total. The molecule has 11 heavy (non-hydrogen) atoms. The van der Waals surface area contributed by atoms with Crippen LogP contribution in [-0.2, 0) is 18.4 Å². The van der Waals surface area contributed by atoms with Crippen LogP contribution in [0.1, 0.15) is 0 Å². The number of rotatable bonds is 4. The molecule has 7 heteroatoms. The molecule has 0 saturated heterocycles. The monoisotopic (exact) mass is 207 g/mol. The number of carboxylic acids is 1. The van der Waals surface area contributed by atoms with Crippen molar-refractivity contribution in [2.75, 3.05) is 20.4 Å². The normalized spacial score (nSPS) is 10.4. The fourth-order valence-corrected chi connectivity index (χ4v) is 1.11. The van der Waals surface area contributed by atoms with Crippen molar-refractivity contribution in [3.8, 4) is 0 Å². The summed E-state index contributed by atoms with van der Waals surface area (Å²) in [6.45, 7) is 0. The number of aliphatic carboxylic acids is 1. The van der Waals surface area contributed by atoms with E-state index >= 15 is 0 Å². The Morgan fingerprint density at radius 3 is 1.91 bits per heavy atom. The topological polar surface area (TPSA) is 72.8 Å². The minimum Gasteiger partial charge on any atom is -0.481 e. The summed E-state index contributed by atoms with van der Waals surface area (Å²) >= 11 is 0. The van der Waals surface area contributed by atoms with Crippen LogP contribution in [0.5, 0.6) is 0 Å². The molecule has 0 amide bonds. The van der Waals surface area contributed by atoms with Gasteiger partial charge in [-0.05, 0) is 0 Å². The van der Waals surface area contributed by atoms with Gasteiger partial charge < -0.3 is 14.2 Å². The zero-order chi connectivity index (χ0) is 8.20. The standard InChI is InChI=1S/C4H9O5P.K/c1-8-10(7,9-2)3-4(5)6;/h3H2,1-2H3,(H,5,6);. The SMILES string of the molecule is COP(=O)(CC(=O)O)OC.[K]. The van der Waals surface area contributed by atoms with Crippen LogP contribution in [0.15, 0.2) is 0 Å². The maximum absolute atomic E-state index is 10.9. The molecule has 0 heterocycles. The number of carboxylic acid groups (broad SMARTS) is 1. The van der Waals surface area contributed by atoms with Gasteiger partial charge >= 0.3 is 13.6 Å². The summed E-state index contributed by atoms with van der Waals surface area (Å²) < 4.78 is 19.6. The molecule has 1 N–H and O–H groups in total. The average molecular weight is 207 g/mol. The predicted octanol–water partition coefficient (Wildman–Crippen LogP) is 0.176. The van der Waals surface area contributed by atoms with Crippen LogP contribution in [0.2, 0.25) is 0 Å². The van der Waals surface area contributed by atoms with E-state index in [9.17, 15) is 9.36 Å². The number of hydrogen-bond donors (Lipinski definition) is 1. The first-order valence-electron chi connectivity index (χ1n) is 2.46. The third-order valence-electron chi connectivity index (χ3n) is 0.885. The van der Waals surface area contributed by atoms with Gasteiger partial charge in [0.15, 0.2) is 0 Å². The first-order valence-corrected chi connectivity index (χ1v) is 4.19. The third kappa shape index (κ3) is 6.42. The molecule has 0 saturated carbocycles. The van der Waals surface area contributed by atoms with Gasteiger partial charge in [-0.25, -0.2) is 0 Å². The number of hydrogen-bond acceptors (Lipinski definition) is 4. The second-order valence-corrected chi connectivity index (χ2v) is 3.80. The third-order valence-corrected chi connectivity index (χ3v) is 2.66. The van der Waals surface area contributed by atoms with Crippen molar-refractivity contribution in [3.63, 3.8) is 0 Å². The van der Waals surface area contributed by atoms with Crippen molar-refractivity contribution in [1.29, 1.82) is 0 Å². The molecule has 0 rings (SSSR count). The average Bonchev–Trinajstić information content (AvgIpc) is 1.87. The summed E-state index contributed by atoms with van der Waals surface area (Å²) in [7, 11) is -1.04. The first kappa shape index (κ1) is 14.8. The van der Waals surface area contributed by atoms with Crippen LogP contribution in [0, 0.1) is 0 Å². The molecule has 0 aliphatic carbocycles. The van der Waals surface area contributed by atoms with Crippen molar-refractivity contribution in [2.45, 2.75) is 0 Å². The molecule has 0 aliphatic rings. The largest absolute Gasteiger partial charge is 0.481 e. The molecule has 0 aromatic carbocycles. The Labute approximate surface area is 107 Å². The van der Waals surface area contributed by atoms with Gasteiger partial charge in [-0.3, -0.25) is 9.36 Å². The maximum Gasteiger partial charge on any atom is 0.341 e. The van der Waals surface area contributed by atoms with Gasteiger partial charge in [0.1, 0.15) is 6.16 Å². The molecule has 0 aliphatic heterocycles. The van der Waals surface area contributed by atoms with E-state index in [0.29, 0.717) is 0 Å². The van der Waals surface area contributed by atoms with Crippen LogP contribution in [0.3, 0.4) is 0 Å². The molecular weight excluding hydrogens is 198 g/mol. The van der Waals surface area contributed by atoms with Gasteiger partial charge in [0.25, 0.3) is 0 Å². The minimum atomic E-state index is -3.34. The summed E-state index contributed by atoms with van der Waals surface area (Å²) in [5.74, 6) is -1.20. The smallest absolute Gasteiger partial charge is 0.341 e. The quantitative estimate of drug-likeness (QED) is 0.525. The van der Waals surface area contributed by atoms with E-state index in [1.165, 1.54) is 0 Å². The van der Waals surface area contributed by atoms with E-state index in [4.69, 9.17) is 5.11 Å². The van der Waals surface area contributed by atoms with Crippen molar-refractivity contribution in [2.24, 2.45) is 0 Å². The molecule has 0 aromatic heterocycles. The molecule has 0 unspecified atom stereocenters. The van der Waals surface area contributed by atoms with Gasteiger partial charge in [0.05, 0.1) is 0 Å². The zero-order valence-corrected chi connectivity index (χ0v) is 10.8. The van der Waals surface area contributed by atoms with E-state index < -0.39 is 19.7 Å². The van der Waals surface area contributed by atoms with Gasteiger partial charge in [0, 0.05) is 65.6 Å². The molecule has 0 fully saturated rings. The predicted molar refractivity (Wildman–Crippen MR) is 39.9 cm³/mol. The van der Waals surface area contributed by atoms with Gasteiger partial charge in [-0.1, -0.05) is 0 Å². The van der Waals surface area contributed by atoms with Crippen molar-refractivity contribution < 1.29 is 23.5 Å². The van der Waals surface area contributed by atoms with Crippen LogP contribution >= 0.6 is 7.60 Å². The van der Waals surface area contributed by atoms with Crippen molar-refractivity contribution >= 4 is 64.9 Å². The molecule has 0 bridgehead atoms. The molecular formula is C4H9KO5P. The summed E-state index contributed by atoms with van der Waals surface area (Å²) in [6, 6.07) is 0. The Morgan fingerprint density at radius 1 is 1.45 bits per heavy atom. The Kier molecular flexibility index (Phi) is 9.04. The van der Waals surface area contributed by atoms with E-state index in [1.807, 2.05) is 0 Å². The molecule has 0 atom stereocenters.